The van der Waals surface area contributed by atoms with Gasteiger partial charge in [-0.1, -0.05) is 44.9 Å². The fourth-order valence-electron chi connectivity index (χ4n) is 6.57. The number of carbonyl (C=O) groups is 2. The van der Waals surface area contributed by atoms with Crippen molar-refractivity contribution in [3.05, 3.63) is 46.8 Å². The van der Waals surface area contributed by atoms with Crippen molar-refractivity contribution in [3.63, 3.8) is 0 Å². The molecule has 2 spiro atoms. The van der Waals surface area contributed by atoms with Crippen LogP contribution >= 0.6 is 0 Å². The Balaban J connectivity index is 1.80. The summed E-state index contributed by atoms with van der Waals surface area (Å²) in [7, 11) is 0. The highest BCUT2D eigenvalue weighted by Gasteiger charge is 2.75. The standard InChI is InChI=1S/C24H28O4/c1-3-5-11-20-23-13-12-15(14-19(23)22(26)27-20)17(8-4-2)24(23)18-10-7-6-9-16(18)21(25)28-24/h6,9,11,14-15,17H,3-5,7-8,10,12-13H2,1-2H3/t15-,17+,23+,24?/m1/s1. The van der Waals surface area contributed by atoms with Gasteiger partial charge in [-0.15, -0.1) is 0 Å². The van der Waals surface area contributed by atoms with Crippen molar-refractivity contribution in [1.29, 1.82) is 0 Å². The van der Waals surface area contributed by atoms with Crippen molar-refractivity contribution < 1.29 is 19.1 Å². The van der Waals surface area contributed by atoms with Gasteiger partial charge in [0.05, 0.1) is 11.1 Å². The summed E-state index contributed by atoms with van der Waals surface area (Å²) in [6, 6.07) is 0. The van der Waals surface area contributed by atoms with Crippen molar-refractivity contribution in [2.45, 2.75) is 70.8 Å². The molecule has 1 unspecified atom stereocenters. The Morgan fingerprint density at radius 3 is 2.86 bits per heavy atom. The number of hydrogen-bond donors (Lipinski definition) is 0. The van der Waals surface area contributed by atoms with Gasteiger partial charge in [0.25, 0.3) is 0 Å². The predicted molar refractivity (Wildman–Crippen MR) is 105 cm³/mol. The highest BCUT2D eigenvalue weighted by Crippen LogP contribution is 2.71. The third-order valence-electron chi connectivity index (χ3n) is 7.52. The Hall–Kier alpha value is -2.10. The normalized spacial score (nSPS) is 39.4. The highest BCUT2D eigenvalue weighted by molar-refractivity contribution is 6.00. The largest absolute Gasteiger partial charge is 0.449 e. The minimum Gasteiger partial charge on any atom is -0.449 e. The van der Waals surface area contributed by atoms with Crippen molar-refractivity contribution >= 4 is 11.9 Å². The molecule has 1 saturated carbocycles. The summed E-state index contributed by atoms with van der Waals surface area (Å²) in [5.41, 5.74) is 1.21. The molecule has 1 saturated heterocycles. The number of unbranched alkanes of at least 4 members (excludes halogenated alkanes) is 1. The van der Waals surface area contributed by atoms with Gasteiger partial charge in [-0.3, -0.25) is 0 Å². The van der Waals surface area contributed by atoms with E-state index in [9.17, 15) is 9.59 Å². The second kappa shape index (κ2) is 6.20. The van der Waals surface area contributed by atoms with Crippen LogP contribution in [-0.2, 0) is 19.1 Å². The maximum Gasteiger partial charge on any atom is 0.340 e. The van der Waals surface area contributed by atoms with Crippen LogP contribution in [0.1, 0.15) is 65.2 Å². The first-order valence-corrected chi connectivity index (χ1v) is 10.9. The highest BCUT2D eigenvalue weighted by atomic mass is 16.6. The number of hydrogen-bond acceptors (Lipinski definition) is 4. The molecule has 2 heterocycles. The molecule has 4 heteroatoms. The monoisotopic (exact) mass is 380 g/mol. The lowest BCUT2D eigenvalue weighted by atomic mass is 9.45. The number of rotatable bonds is 4. The Morgan fingerprint density at radius 1 is 1.21 bits per heavy atom. The van der Waals surface area contributed by atoms with Gasteiger partial charge in [-0.05, 0) is 56.1 Å². The van der Waals surface area contributed by atoms with E-state index in [0.29, 0.717) is 0 Å². The van der Waals surface area contributed by atoms with Gasteiger partial charge in [-0.2, -0.15) is 0 Å². The number of ether oxygens (including phenoxy) is 2. The van der Waals surface area contributed by atoms with Crippen LogP contribution in [0.3, 0.4) is 0 Å². The molecule has 0 radical (unpaired) electrons. The van der Waals surface area contributed by atoms with Crippen LogP contribution in [0.4, 0.5) is 0 Å². The van der Waals surface area contributed by atoms with Crippen molar-refractivity contribution in [2.24, 2.45) is 17.3 Å². The van der Waals surface area contributed by atoms with Crippen LogP contribution in [0.15, 0.2) is 46.8 Å². The third kappa shape index (κ3) is 1.96. The first kappa shape index (κ1) is 18.0. The fraction of sp³-hybridized carbons (Fsp3) is 0.583. The number of carbonyl (C=O) groups excluding carboxylic acids is 2. The summed E-state index contributed by atoms with van der Waals surface area (Å²) in [4.78, 5) is 25.9. The zero-order valence-electron chi connectivity index (χ0n) is 16.8. The second-order valence-corrected chi connectivity index (χ2v) is 8.79. The summed E-state index contributed by atoms with van der Waals surface area (Å²) in [5, 5.41) is 0. The van der Waals surface area contributed by atoms with E-state index in [0.717, 1.165) is 73.8 Å². The van der Waals surface area contributed by atoms with Crippen LogP contribution in [0.2, 0.25) is 0 Å². The summed E-state index contributed by atoms with van der Waals surface area (Å²) >= 11 is 0. The molecule has 0 N–H and O–H groups in total. The molecule has 0 aromatic rings. The van der Waals surface area contributed by atoms with E-state index in [2.05, 4.69) is 32.1 Å². The molecule has 2 bridgehead atoms. The predicted octanol–water partition coefficient (Wildman–Crippen LogP) is 4.92. The lowest BCUT2D eigenvalue weighted by Gasteiger charge is -2.59. The molecule has 28 heavy (non-hydrogen) atoms. The number of esters is 2. The van der Waals surface area contributed by atoms with E-state index in [-0.39, 0.29) is 23.8 Å². The minimum absolute atomic E-state index is 0.206. The number of cyclic esters (lactones) is 1. The summed E-state index contributed by atoms with van der Waals surface area (Å²) in [6.45, 7) is 4.31. The van der Waals surface area contributed by atoms with E-state index in [1.54, 1.807) is 0 Å². The number of fused-ring (bicyclic) bond motifs is 1. The van der Waals surface area contributed by atoms with E-state index in [1.165, 1.54) is 0 Å². The van der Waals surface area contributed by atoms with Gasteiger partial charge < -0.3 is 9.47 Å². The third-order valence-corrected chi connectivity index (χ3v) is 7.52. The van der Waals surface area contributed by atoms with Gasteiger partial charge in [-0.25, -0.2) is 9.59 Å². The van der Waals surface area contributed by atoms with Crippen LogP contribution in [0, 0.1) is 17.3 Å². The SMILES string of the molecule is CCCC=C1OC(=O)C2=C[C@H]3CC[C@@]12C1(OC(=O)C2=C1CCC=C2)[C@H]3CCC. The van der Waals surface area contributed by atoms with E-state index in [4.69, 9.17) is 9.47 Å². The van der Waals surface area contributed by atoms with E-state index < -0.39 is 11.0 Å². The maximum absolute atomic E-state index is 13.0. The molecule has 0 amide bonds. The first-order chi connectivity index (χ1) is 13.6. The Labute approximate surface area is 166 Å². The lowest BCUT2D eigenvalue weighted by molar-refractivity contribution is -0.176. The molecule has 0 aromatic heterocycles. The quantitative estimate of drug-likeness (QED) is 0.650. The van der Waals surface area contributed by atoms with Gasteiger partial charge in [0, 0.05) is 5.92 Å². The molecule has 4 atom stereocenters. The lowest BCUT2D eigenvalue weighted by Crippen LogP contribution is -2.63. The molecular weight excluding hydrogens is 352 g/mol. The van der Waals surface area contributed by atoms with Gasteiger partial charge in [0.15, 0.2) is 5.60 Å². The summed E-state index contributed by atoms with van der Waals surface area (Å²) in [5.74, 6) is 0.749. The van der Waals surface area contributed by atoms with Gasteiger partial charge in [0.2, 0.25) is 0 Å². The minimum atomic E-state index is -0.751. The van der Waals surface area contributed by atoms with E-state index >= 15 is 0 Å². The van der Waals surface area contributed by atoms with Gasteiger partial charge >= 0.3 is 11.9 Å². The Bertz CT molecular complexity index is 873. The zero-order chi connectivity index (χ0) is 19.5. The average Bonchev–Trinajstić information content (AvgIpc) is 3.17. The molecule has 2 fully saturated rings. The fourth-order valence-corrected chi connectivity index (χ4v) is 6.57. The van der Waals surface area contributed by atoms with Crippen LogP contribution in [-0.4, -0.2) is 17.5 Å². The summed E-state index contributed by atoms with van der Waals surface area (Å²) < 4.78 is 12.3. The van der Waals surface area contributed by atoms with Crippen LogP contribution in [0.25, 0.3) is 0 Å². The smallest absolute Gasteiger partial charge is 0.340 e. The molecule has 6 aliphatic rings. The van der Waals surface area contributed by atoms with Crippen LogP contribution in [0.5, 0.6) is 0 Å². The Kier molecular flexibility index (Phi) is 3.98. The maximum atomic E-state index is 13.0. The summed E-state index contributed by atoms with van der Waals surface area (Å²) in [6.07, 6.45) is 15.7. The van der Waals surface area contributed by atoms with Gasteiger partial charge in [0.1, 0.15) is 11.2 Å². The molecule has 4 aliphatic carbocycles. The van der Waals surface area contributed by atoms with Crippen LogP contribution < -0.4 is 0 Å². The van der Waals surface area contributed by atoms with Crippen molar-refractivity contribution in [3.8, 4) is 0 Å². The van der Waals surface area contributed by atoms with Crippen molar-refractivity contribution in [2.75, 3.05) is 0 Å². The number of allylic oxidation sites excluding steroid dienone is 3. The molecular formula is C24H28O4. The molecule has 6 rings (SSSR count). The topological polar surface area (TPSA) is 52.6 Å². The zero-order valence-corrected chi connectivity index (χ0v) is 16.8. The first-order valence-electron chi connectivity index (χ1n) is 10.9. The van der Waals surface area contributed by atoms with Crippen molar-refractivity contribution in [1.82, 2.24) is 0 Å². The molecule has 148 valence electrons. The molecule has 0 aromatic carbocycles. The average molecular weight is 380 g/mol. The second-order valence-electron chi connectivity index (χ2n) is 8.79. The molecule has 4 nitrogen and oxygen atoms in total. The van der Waals surface area contributed by atoms with E-state index in [1.807, 2.05) is 6.08 Å². The Morgan fingerprint density at radius 2 is 2.07 bits per heavy atom. The molecule has 2 aliphatic heterocycles.